The molecule has 2 atom stereocenters. The van der Waals surface area contributed by atoms with Crippen LogP contribution >= 0.6 is 12.6 Å². The van der Waals surface area contributed by atoms with Gasteiger partial charge >= 0.3 is 5.97 Å². The van der Waals surface area contributed by atoms with Gasteiger partial charge in [0.05, 0.1) is 20.1 Å². The Labute approximate surface area is 139 Å². The molecule has 0 aliphatic rings. The van der Waals surface area contributed by atoms with Crippen LogP contribution in [0.5, 0.6) is 5.75 Å². The third-order valence-electron chi connectivity index (χ3n) is 3.77. The number of aromatic nitrogens is 1. The number of hydrogen-bond acceptors (Lipinski definition) is 5. The van der Waals surface area contributed by atoms with Gasteiger partial charge in [-0.25, -0.2) is 0 Å². The summed E-state index contributed by atoms with van der Waals surface area (Å²) >= 11 is 4.49. The van der Waals surface area contributed by atoms with Gasteiger partial charge in [0, 0.05) is 23.2 Å². The lowest BCUT2D eigenvalue weighted by molar-refractivity contribution is -0.145. The number of hydrogen-bond donors (Lipinski definition) is 1. The van der Waals surface area contributed by atoms with Crippen LogP contribution in [0.25, 0.3) is 0 Å². The first-order chi connectivity index (χ1) is 10.6. The molecule has 0 N–H and O–H groups in total. The van der Waals surface area contributed by atoms with Crippen molar-refractivity contribution in [3.05, 3.63) is 24.0 Å². The highest BCUT2D eigenvalue weighted by molar-refractivity contribution is 7.80. The van der Waals surface area contributed by atoms with Gasteiger partial charge in [-0.3, -0.25) is 9.78 Å². The van der Waals surface area contributed by atoms with Gasteiger partial charge in [0.1, 0.15) is 5.75 Å². The third kappa shape index (κ3) is 6.26. The highest BCUT2D eigenvalue weighted by Crippen LogP contribution is 2.31. The zero-order chi connectivity index (χ0) is 16.4. The molecule has 0 fully saturated rings. The molecule has 4 nitrogen and oxygen atoms in total. The molecule has 0 radical (unpaired) electrons. The Bertz CT molecular complexity index is 453. The summed E-state index contributed by atoms with van der Waals surface area (Å²) in [5.41, 5.74) is 0.809. The first-order valence-electron chi connectivity index (χ1n) is 7.93. The first-order valence-corrected chi connectivity index (χ1v) is 8.45. The average Bonchev–Trinajstić information content (AvgIpc) is 2.54. The molecule has 0 aromatic carbocycles. The number of methoxy groups -OCH3 is 1. The molecular weight excluding hydrogens is 298 g/mol. The van der Waals surface area contributed by atoms with Gasteiger partial charge in [0.15, 0.2) is 0 Å². The maximum Gasteiger partial charge on any atom is 0.307 e. The van der Waals surface area contributed by atoms with Crippen LogP contribution in [0, 0.1) is 5.92 Å². The van der Waals surface area contributed by atoms with Crippen molar-refractivity contribution >= 4 is 18.6 Å². The highest BCUT2D eigenvalue weighted by atomic mass is 32.1. The second kappa shape index (κ2) is 10.5. The number of esters is 1. The van der Waals surface area contributed by atoms with Gasteiger partial charge in [0.25, 0.3) is 0 Å². The van der Waals surface area contributed by atoms with E-state index in [0.717, 1.165) is 18.4 Å². The molecule has 1 aromatic rings. The molecule has 1 aromatic heterocycles. The summed E-state index contributed by atoms with van der Waals surface area (Å²) in [7, 11) is 1.59. The van der Waals surface area contributed by atoms with E-state index in [1.165, 1.54) is 12.8 Å². The summed E-state index contributed by atoms with van der Waals surface area (Å²) in [5.74, 6) is 0.924. The second-order valence-corrected chi connectivity index (χ2v) is 6.06. The van der Waals surface area contributed by atoms with E-state index in [-0.39, 0.29) is 17.6 Å². The van der Waals surface area contributed by atoms with Crippen molar-refractivity contribution < 1.29 is 14.3 Å². The molecule has 0 aliphatic carbocycles. The first kappa shape index (κ1) is 18.8. The van der Waals surface area contributed by atoms with Crippen LogP contribution in [0.1, 0.15) is 56.8 Å². The zero-order valence-electron chi connectivity index (χ0n) is 13.7. The molecule has 5 heteroatoms. The molecule has 2 unspecified atom stereocenters. The zero-order valence-corrected chi connectivity index (χ0v) is 14.6. The minimum absolute atomic E-state index is 0.218. The van der Waals surface area contributed by atoms with Crippen molar-refractivity contribution in [2.45, 2.75) is 51.2 Å². The third-order valence-corrected chi connectivity index (χ3v) is 4.23. The van der Waals surface area contributed by atoms with E-state index in [1.807, 2.05) is 0 Å². The summed E-state index contributed by atoms with van der Waals surface area (Å²) in [6.07, 6.45) is 8.05. The van der Waals surface area contributed by atoms with Crippen molar-refractivity contribution in [3.63, 3.8) is 0 Å². The molecule has 22 heavy (non-hydrogen) atoms. The number of carbonyl (C=O) groups excluding carboxylic acids is 1. The van der Waals surface area contributed by atoms with Gasteiger partial charge in [-0.15, -0.1) is 0 Å². The van der Waals surface area contributed by atoms with Crippen molar-refractivity contribution in [1.29, 1.82) is 0 Å². The summed E-state index contributed by atoms with van der Waals surface area (Å²) in [6.45, 7) is 4.81. The molecule has 0 saturated carbocycles. The monoisotopic (exact) mass is 325 g/mol. The van der Waals surface area contributed by atoms with E-state index in [4.69, 9.17) is 9.47 Å². The van der Waals surface area contributed by atoms with Crippen molar-refractivity contribution in [1.82, 2.24) is 4.98 Å². The molecule has 0 amide bonds. The predicted molar refractivity (Wildman–Crippen MR) is 91.4 cm³/mol. The maximum atomic E-state index is 12.0. The summed E-state index contributed by atoms with van der Waals surface area (Å²) in [5, 5.41) is -0.271. The Morgan fingerprint density at radius 2 is 2.18 bits per heavy atom. The second-order valence-electron chi connectivity index (χ2n) is 5.44. The lowest BCUT2D eigenvalue weighted by Gasteiger charge is -2.17. The van der Waals surface area contributed by atoms with Crippen molar-refractivity contribution in [2.24, 2.45) is 5.92 Å². The van der Waals surface area contributed by atoms with E-state index in [1.54, 1.807) is 25.6 Å². The molecule has 1 heterocycles. The smallest absolute Gasteiger partial charge is 0.307 e. The lowest BCUT2D eigenvalue weighted by Crippen LogP contribution is -2.15. The summed E-state index contributed by atoms with van der Waals surface area (Å²) in [6, 6.07) is 1.77. The molecule has 0 aliphatic heterocycles. The highest BCUT2D eigenvalue weighted by Gasteiger charge is 2.18. The Balaban J connectivity index is 2.47. The van der Waals surface area contributed by atoms with Crippen LogP contribution in [-0.4, -0.2) is 24.7 Å². The van der Waals surface area contributed by atoms with Gasteiger partial charge in [0.2, 0.25) is 0 Å². The van der Waals surface area contributed by atoms with E-state index in [9.17, 15) is 4.79 Å². The van der Waals surface area contributed by atoms with Crippen LogP contribution in [0.2, 0.25) is 0 Å². The van der Waals surface area contributed by atoms with Gasteiger partial charge in [-0.1, -0.05) is 33.1 Å². The minimum Gasteiger partial charge on any atom is -0.496 e. The van der Waals surface area contributed by atoms with Crippen LogP contribution in [0.15, 0.2) is 18.5 Å². The Hall–Kier alpha value is -1.23. The molecule has 0 bridgehead atoms. The quantitative estimate of drug-likeness (QED) is 0.517. The minimum atomic E-state index is -0.271. The van der Waals surface area contributed by atoms with Crippen LogP contribution in [0.3, 0.4) is 0 Å². The molecule has 0 spiro atoms. The fourth-order valence-corrected chi connectivity index (χ4v) is 2.61. The van der Waals surface area contributed by atoms with E-state index in [0.29, 0.717) is 18.3 Å². The fourth-order valence-electron chi connectivity index (χ4n) is 2.27. The number of thiol groups is 1. The van der Waals surface area contributed by atoms with Gasteiger partial charge in [-0.05, 0) is 18.4 Å². The summed E-state index contributed by atoms with van der Waals surface area (Å²) < 4.78 is 10.7. The number of pyridine rings is 1. The van der Waals surface area contributed by atoms with Gasteiger partial charge in [-0.2, -0.15) is 12.6 Å². The van der Waals surface area contributed by atoms with E-state index < -0.39 is 0 Å². The average molecular weight is 325 g/mol. The predicted octanol–water partition coefficient (Wildman–Crippen LogP) is 4.21. The molecular formula is C17H27NO3S. The molecule has 124 valence electrons. The maximum absolute atomic E-state index is 12.0. The number of ether oxygens (including phenoxy) is 2. The number of rotatable bonds is 10. The Morgan fingerprint density at radius 1 is 1.41 bits per heavy atom. The van der Waals surface area contributed by atoms with Gasteiger partial charge < -0.3 is 9.47 Å². The number of unbranched alkanes of at least 4 members (excludes halogenated alkanes) is 1. The van der Waals surface area contributed by atoms with E-state index >= 15 is 0 Å². The Morgan fingerprint density at radius 3 is 2.82 bits per heavy atom. The molecule has 0 saturated heterocycles. The largest absolute Gasteiger partial charge is 0.496 e. The van der Waals surface area contributed by atoms with Crippen LogP contribution in [0.4, 0.5) is 0 Å². The van der Waals surface area contributed by atoms with Crippen LogP contribution in [-0.2, 0) is 9.53 Å². The topological polar surface area (TPSA) is 48.4 Å². The van der Waals surface area contributed by atoms with Crippen molar-refractivity contribution in [3.8, 4) is 5.75 Å². The number of nitrogens with zero attached hydrogens (tertiary/aromatic N) is 1. The van der Waals surface area contributed by atoms with Crippen LogP contribution < -0.4 is 4.74 Å². The normalized spacial score (nSPS) is 13.5. The summed E-state index contributed by atoms with van der Waals surface area (Å²) in [4.78, 5) is 16.1. The molecule has 1 rings (SSSR count). The Kier molecular flexibility index (Phi) is 8.97. The van der Waals surface area contributed by atoms with E-state index in [2.05, 4.69) is 31.5 Å². The lowest BCUT2D eigenvalue weighted by atomic mass is 10.0. The fraction of sp³-hybridized carbons (Fsp3) is 0.647. The SMILES string of the molecule is CCCCC(CC)COC(=O)CC(S)c1cnccc1OC. The standard InChI is InChI=1S/C17H27NO3S/c1-4-6-7-13(5-2)12-21-17(19)10-16(22)14-11-18-9-8-15(14)20-3/h8-9,11,13,16,22H,4-7,10,12H2,1-3H3. The van der Waals surface area contributed by atoms with Crippen molar-refractivity contribution in [2.75, 3.05) is 13.7 Å². The number of carbonyl (C=O) groups is 1.